The lowest BCUT2D eigenvalue weighted by Crippen LogP contribution is -2.30. The molecule has 0 atom stereocenters. The normalized spacial score (nSPS) is 10.8. The number of carbonyl (C=O) groups is 1. The number of hydrogen-bond acceptors (Lipinski definition) is 3. The van der Waals surface area contributed by atoms with Crippen molar-refractivity contribution >= 4 is 17.3 Å². The molecule has 0 bridgehead atoms. The number of likely N-dealkylation sites (N-methyl/N-ethyl adjacent to an activating group) is 1. The molecule has 0 radical (unpaired) electrons. The largest absolute Gasteiger partial charge is 0.378 e. The monoisotopic (exact) mass is 339 g/mol. The summed E-state index contributed by atoms with van der Waals surface area (Å²) in [5.74, 6) is 0.0162. The van der Waals surface area contributed by atoms with Crippen molar-refractivity contribution in [3.8, 4) is 0 Å². The van der Waals surface area contributed by atoms with Gasteiger partial charge in [-0.05, 0) is 56.6 Å². The van der Waals surface area contributed by atoms with E-state index in [0.717, 1.165) is 23.4 Å². The number of nitrogens with zero attached hydrogens (tertiary/aromatic N) is 2. The van der Waals surface area contributed by atoms with E-state index in [1.807, 2.05) is 39.9 Å². The molecule has 2 rings (SSSR count). The third kappa shape index (κ3) is 5.33. The summed E-state index contributed by atoms with van der Waals surface area (Å²) in [7, 11) is 6.02. The highest BCUT2D eigenvalue weighted by Crippen LogP contribution is 2.22. The third-order valence-electron chi connectivity index (χ3n) is 4.26. The maximum atomic E-state index is 12.4. The molecule has 0 aliphatic carbocycles. The molecule has 134 valence electrons. The highest BCUT2D eigenvalue weighted by atomic mass is 16.2. The summed E-state index contributed by atoms with van der Waals surface area (Å²) >= 11 is 0. The van der Waals surface area contributed by atoms with Crippen molar-refractivity contribution in [2.24, 2.45) is 0 Å². The first-order chi connectivity index (χ1) is 11.8. The molecule has 25 heavy (non-hydrogen) atoms. The van der Waals surface area contributed by atoms with Crippen molar-refractivity contribution in [3.63, 3.8) is 0 Å². The molecule has 0 aromatic heterocycles. The van der Waals surface area contributed by atoms with Crippen LogP contribution in [-0.4, -0.2) is 38.5 Å². The smallest absolute Gasteiger partial charge is 0.238 e. The molecule has 0 heterocycles. The van der Waals surface area contributed by atoms with Crippen LogP contribution in [0.5, 0.6) is 0 Å². The summed E-state index contributed by atoms with van der Waals surface area (Å²) in [5, 5.41) is 3.06. The van der Waals surface area contributed by atoms with Gasteiger partial charge in [0.2, 0.25) is 5.91 Å². The highest BCUT2D eigenvalue weighted by molar-refractivity contribution is 5.93. The van der Waals surface area contributed by atoms with Crippen LogP contribution in [0.4, 0.5) is 11.4 Å². The van der Waals surface area contributed by atoms with Crippen LogP contribution >= 0.6 is 0 Å². The van der Waals surface area contributed by atoms with Crippen molar-refractivity contribution < 1.29 is 4.79 Å². The minimum atomic E-state index is 0.0162. The zero-order valence-corrected chi connectivity index (χ0v) is 16.2. The predicted molar refractivity (Wildman–Crippen MR) is 106 cm³/mol. The molecule has 0 aliphatic heterocycles. The fraction of sp³-hybridized carbons (Fsp3) is 0.381. The molecule has 0 aliphatic rings. The maximum absolute atomic E-state index is 12.4. The summed E-state index contributed by atoms with van der Waals surface area (Å²) in [6.45, 7) is 7.24. The van der Waals surface area contributed by atoms with Crippen molar-refractivity contribution in [2.45, 2.75) is 27.3 Å². The molecule has 2 aromatic carbocycles. The number of amides is 1. The number of nitrogens with one attached hydrogen (secondary N) is 1. The summed E-state index contributed by atoms with van der Waals surface area (Å²) in [4.78, 5) is 16.5. The van der Waals surface area contributed by atoms with Gasteiger partial charge in [0.15, 0.2) is 0 Å². The van der Waals surface area contributed by atoms with Crippen LogP contribution in [0.1, 0.15) is 22.3 Å². The Morgan fingerprint density at radius 3 is 2.04 bits per heavy atom. The lowest BCUT2D eigenvalue weighted by molar-refractivity contribution is -0.117. The van der Waals surface area contributed by atoms with E-state index in [4.69, 9.17) is 0 Å². The Morgan fingerprint density at radius 2 is 1.52 bits per heavy atom. The molecular formula is C21H29N3O. The fourth-order valence-corrected chi connectivity index (χ4v) is 3.07. The average molecular weight is 339 g/mol. The molecule has 2 aromatic rings. The van der Waals surface area contributed by atoms with Crippen LogP contribution in [0.3, 0.4) is 0 Å². The standard InChI is InChI=1S/C21H29N3O/c1-15-11-16(2)21(17(3)12-15)22-20(25)14-24(6)13-18-7-9-19(10-8-18)23(4)5/h7-12H,13-14H2,1-6H3,(H,22,25). The SMILES string of the molecule is Cc1cc(C)c(NC(=O)CN(C)Cc2ccc(N(C)C)cc2)c(C)c1. The van der Waals surface area contributed by atoms with Crippen LogP contribution in [0.15, 0.2) is 36.4 Å². The van der Waals surface area contributed by atoms with Gasteiger partial charge in [-0.15, -0.1) is 0 Å². The maximum Gasteiger partial charge on any atom is 0.238 e. The Morgan fingerprint density at radius 1 is 0.960 bits per heavy atom. The number of rotatable bonds is 6. The summed E-state index contributed by atoms with van der Waals surface area (Å²) in [6.07, 6.45) is 0. The summed E-state index contributed by atoms with van der Waals surface area (Å²) < 4.78 is 0. The minimum Gasteiger partial charge on any atom is -0.378 e. The van der Waals surface area contributed by atoms with E-state index >= 15 is 0 Å². The summed E-state index contributed by atoms with van der Waals surface area (Å²) in [6, 6.07) is 12.6. The van der Waals surface area contributed by atoms with Crippen LogP contribution in [0, 0.1) is 20.8 Å². The number of aryl methyl sites for hydroxylation is 3. The topological polar surface area (TPSA) is 35.6 Å². The van der Waals surface area contributed by atoms with Crippen molar-refractivity contribution in [3.05, 3.63) is 58.7 Å². The van der Waals surface area contributed by atoms with E-state index in [-0.39, 0.29) is 5.91 Å². The Bertz CT molecular complexity index is 712. The van der Waals surface area contributed by atoms with Crippen LogP contribution in [-0.2, 0) is 11.3 Å². The van der Waals surface area contributed by atoms with Crippen molar-refractivity contribution in [1.82, 2.24) is 4.90 Å². The van der Waals surface area contributed by atoms with Gasteiger partial charge in [-0.25, -0.2) is 0 Å². The van der Waals surface area contributed by atoms with Gasteiger partial charge in [-0.3, -0.25) is 9.69 Å². The average Bonchev–Trinajstić information content (AvgIpc) is 2.51. The van der Waals surface area contributed by atoms with E-state index in [1.54, 1.807) is 0 Å². The second-order valence-corrected chi connectivity index (χ2v) is 7.06. The zero-order valence-electron chi connectivity index (χ0n) is 16.2. The number of benzene rings is 2. The Balaban J connectivity index is 1.94. The molecule has 0 saturated heterocycles. The van der Waals surface area contributed by atoms with E-state index in [0.29, 0.717) is 6.54 Å². The number of anilines is 2. The van der Waals surface area contributed by atoms with E-state index in [9.17, 15) is 4.79 Å². The number of carbonyl (C=O) groups excluding carboxylic acids is 1. The third-order valence-corrected chi connectivity index (χ3v) is 4.26. The second kappa shape index (κ2) is 8.17. The van der Waals surface area contributed by atoms with E-state index < -0.39 is 0 Å². The molecule has 0 fully saturated rings. The lowest BCUT2D eigenvalue weighted by atomic mass is 10.1. The van der Waals surface area contributed by atoms with E-state index in [2.05, 4.69) is 53.5 Å². The van der Waals surface area contributed by atoms with Crippen LogP contribution in [0.25, 0.3) is 0 Å². The van der Waals surface area contributed by atoms with Crippen LogP contribution in [0.2, 0.25) is 0 Å². The Labute approximate surface area is 151 Å². The molecule has 0 spiro atoms. The fourth-order valence-electron chi connectivity index (χ4n) is 3.07. The van der Waals surface area contributed by atoms with E-state index in [1.165, 1.54) is 16.8 Å². The minimum absolute atomic E-state index is 0.0162. The van der Waals surface area contributed by atoms with Gasteiger partial charge in [-0.2, -0.15) is 0 Å². The molecular weight excluding hydrogens is 310 g/mol. The molecule has 0 saturated carbocycles. The van der Waals surface area contributed by atoms with Crippen LogP contribution < -0.4 is 10.2 Å². The number of hydrogen-bond donors (Lipinski definition) is 1. The molecule has 4 nitrogen and oxygen atoms in total. The Kier molecular flexibility index (Phi) is 6.21. The molecule has 1 N–H and O–H groups in total. The van der Waals surface area contributed by atoms with Gasteiger partial charge in [-0.1, -0.05) is 29.8 Å². The van der Waals surface area contributed by atoms with Gasteiger partial charge in [0.1, 0.15) is 0 Å². The predicted octanol–water partition coefficient (Wildman–Crippen LogP) is 3.75. The van der Waals surface area contributed by atoms with Crippen molar-refractivity contribution in [2.75, 3.05) is 37.9 Å². The van der Waals surface area contributed by atoms with Gasteiger partial charge in [0, 0.05) is 32.0 Å². The first kappa shape index (κ1) is 19.0. The lowest BCUT2D eigenvalue weighted by Gasteiger charge is -2.19. The zero-order chi connectivity index (χ0) is 18.6. The van der Waals surface area contributed by atoms with Gasteiger partial charge < -0.3 is 10.2 Å². The second-order valence-electron chi connectivity index (χ2n) is 7.06. The van der Waals surface area contributed by atoms with Gasteiger partial charge in [0.05, 0.1) is 6.54 Å². The first-order valence-corrected chi connectivity index (χ1v) is 8.59. The highest BCUT2D eigenvalue weighted by Gasteiger charge is 2.11. The quantitative estimate of drug-likeness (QED) is 0.871. The van der Waals surface area contributed by atoms with Gasteiger partial charge >= 0.3 is 0 Å². The molecule has 1 amide bonds. The molecule has 0 unspecified atom stereocenters. The van der Waals surface area contributed by atoms with Gasteiger partial charge in [0.25, 0.3) is 0 Å². The van der Waals surface area contributed by atoms with Crippen molar-refractivity contribution in [1.29, 1.82) is 0 Å². The molecule has 4 heteroatoms. The summed E-state index contributed by atoms with van der Waals surface area (Å²) in [5.41, 5.74) is 6.73. The first-order valence-electron chi connectivity index (χ1n) is 8.59. The Hall–Kier alpha value is -2.33.